The van der Waals surface area contributed by atoms with E-state index in [1.54, 1.807) is 30.3 Å². The molecule has 0 aliphatic carbocycles. The summed E-state index contributed by atoms with van der Waals surface area (Å²) in [6.45, 7) is -0.705. The molecule has 6 nitrogen and oxygen atoms in total. The molecule has 26 heavy (non-hydrogen) atoms. The molecule has 0 aliphatic heterocycles. The predicted molar refractivity (Wildman–Crippen MR) is 95.9 cm³/mol. The Balaban J connectivity index is 2.53. The van der Waals surface area contributed by atoms with Crippen molar-refractivity contribution in [3.63, 3.8) is 0 Å². The topological polar surface area (TPSA) is 93.1 Å². The van der Waals surface area contributed by atoms with Crippen LogP contribution in [0.2, 0.25) is 0 Å². The third-order valence-corrected chi connectivity index (χ3v) is 4.05. The van der Waals surface area contributed by atoms with Crippen molar-refractivity contribution < 1.29 is 29.3 Å². The van der Waals surface area contributed by atoms with E-state index in [-0.39, 0.29) is 31.2 Å². The molecular weight excluding hydrogens is 336 g/mol. The second-order valence-corrected chi connectivity index (χ2v) is 5.81. The molecule has 0 spiro atoms. The van der Waals surface area contributed by atoms with Gasteiger partial charge in [0.2, 0.25) is 0 Å². The van der Waals surface area contributed by atoms with Gasteiger partial charge in [-0.05, 0) is 34.4 Å². The zero-order valence-electron chi connectivity index (χ0n) is 14.8. The fourth-order valence-electron chi connectivity index (χ4n) is 2.72. The summed E-state index contributed by atoms with van der Waals surface area (Å²) in [5, 5.41) is 18.6. The smallest absolute Gasteiger partial charge is 0.309 e. The highest BCUT2D eigenvalue weighted by Gasteiger charge is 2.14. The largest absolute Gasteiger partial charge is 0.496 e. The Labute approximate surface area is 152 Å². The molecular formula is C20H22O6. The zero-order valence-corrected chi connectivity index (χ0v) is 14.8. The van der Waals surface area contributed by atoms with Gasteiger partial charge in [0.1, 0.15) is 12.4 Å². The summed E-state index contributed by atoms with van der Waals surface area (Å²) in [4.78, 5) is 23.1. The number of esters is 1. The molecule has 0 amide bonds. The van der Waals surface area contributed by atoms with Crippen molar-refractivity contribution in [2.75, 3.05) is 20.8 Å². The summed E-state index contributed by atoms with van der Waals surface area (Å²) in [5.74, 6) is -0.0659. The van der Waals surface area contributed by atoms with E-state index < -0.39 is 6.61 Å². The summed E-state index contributed by atoms with van der Waals surface area (Å²) < 4.78 is 10.1. The van der Waals surface area contributed by atoms with Crippen molar-refractivity contribution in [2.24, 2.45) is 0 Å². The molecule has 0 saturated carbocycles. The summed E-state index contributed by atoms with van der Waals surface area (Å²) >= 11 is 0. The number of hydrogen-bond donors (Lipinski definition) is 2. The van der Waals surface area contributed by atoms with Crippen molar-refractivity contribution in [1.82, 2.24) is 0 Å². The average molecular weight is 358 g/mol. The first-order chi connectivity index (χ1) is 12.5. The molecule has 0 aliphatic rings. The van der Waals surface area contributed by atoms with Crippen molar-refractivity contribution >= 4 is 11.8 Å². The summed E-state index contributed by atoms with van der Waals surface area (Å²) in [5.41, 5.74) is 3.54. The minimum atomic E-state index is -0.519. The molecule has 0 atom stereocenters. The number of Topliss-reactive ketones (excluding diaryl/α,β-unsaturated/α-hetero) is 1. The average Bonchev–Trinajstić information content (AvgIpc) is 2.67. The van der Waals surface area contributed by atoms with Crippen molar-refractivity contribution in [2.45, 2.75) is 19.4 Å². The van der Waals surface area contributed by atoms with Crippen molar-refractivity contribution in [3.8, 4) is 16.9 Å². The van der Waals surface area contributed by atoms with Gasteiger partial charge in [0.15, 0.2) is 5.78 Å². The first-order valence-electron chi connectivity index (χ1n) is 8.11. The normalized spacial score (nSPS) is 10.5. The Morgan fingerprint density at radius 2 is 1.58 bits per heavy atom. The number of rotatable bonds is 8. The number of methoxy groups -OCH3 is 2. The molecule has 138 valence electrons. The summed E-state index contributed by atoms with van der Waals surface area (Å²) in [6.07, 6.45) is 0.212. The molecule has 6 heteroatoms. The quantitative estimate of drug-likeness (QED) is 0.698. The number of aliphatic hydroxyl groups excluding tert-OH is 2. The maximum atomic E-state index is 11.6. The van der Waals surface area contributed by atoms with Gasteiger partial charge in [0, 0.05) is 12.0 Å². The lowest BCUT2D eigenvalue weighted by Crippen LogP contribution is -2.08. The van der Waals surface area contributed by atoms with E-state index in [9.17, 15) is 14.7 Å². The van der Waals surface area contributed by atoms with Crippen LogP contribution in [0.15, 0.2) is 36.4 Å². The van der Waals surface area contributed by atoms with Crippen LogP contribution in [0.25, 0.3) is 11.1 Å². The molecule has 2 rings (SSSR count). The van der Waals surface area contributed by atoms with Gasteiger partial charge in [0.25, 0.3) is 0 Å². The number of ether oxygens (including phenoxy) is 2. The van der Waals surface area contributed by atoms with Crippen LogP contribution in [0, 0.1) is 0 Å². The Bertz CT molecular complexity index is 729. The lowest BCUT2D eigenvalue weighted by Gasteiger charge is -2.15. The molecule has 0 fully saturated rings. The van der Waals surface area contributed by atoms with Gasteiger partial charge in [-0.15, -0.1) is 0 Å². The van der Waals surface area contributed by atoms with Crippen LogP contribution in [0.3, 0.4) is 0 Å². The SMILES string of the molecule is COC(=O)Cc1ccc(OC)c(-c2cc(CC(=O)CO)ccc2CO)c1. The Hall–Kier alpha value is -2.70. The van der Waals surface area contributed by atoms with E-state index in [4.69, 9.17) is 14.6 Å². The zero-order chi connectivity index (χ0) is 19.1. The molecule has 0 heterocycles. The van der Waals surface area contributed by atoms with Crippen LogP contribution < -0.4 is 4.74 Å². The molecule has 0 unspecified atom stereocenters. The first kappa shape index (κ1) is 19.6. The van der Waals surface area contributed by atoms with E-state index in [0.29, 0.717) is 22.4 Å². The number of aliphatic hydroxyl groups is 2. The Morgan fingerprint density at radius 1 is 0.923 bits per heavy atom. The monoisotopic (exact) mass is 358 g/mol. The highest BCUT2D eigenvalue weighted by atomic mass is 16.5. The molecule has 2 aromatic rings. The maximum absolute atomic E-state index is 11.6. The highest BCUT2D eigenvalue weighted by molar-refractivity contribution is 5.83. The highest BCUT2D eigenvalue weighted by Crippen LogP contribution is 2.34. The fourth-order valence-corrected chi connectivity index (χ4v) is 2.72. The minimum absolute atomic E-state index is 0.0966. The number of carbonyl (C=O) groups excluding carboxylic acids is 2. The summed E-state index contributed by atoms with van der Waals surface area (Å²) in [6, 6.07) is 10.6. The minimum Gasteiger partial charge on any atom is -0.496 e. The standard InChI is InChI=1S/C20H22O6/c1-25-19-6-4-14(10-20(24)26-2)9-18(19)17-8-13(7-16(23)12-22)3-5-15(17)11-21/h3-6,8-9,21-22H,7,10-12H2,1-2H3. The Kier molecular flexibility index (Phi) is 6.89. The van der Waals surface area contributed by atoms with Gasteiger partial charge < -0.3 is 19.7 Å². The van der Waals surface area contributed by atoms with E-state index in [1.165, 1.54) is 14.2 Å². The molecule has 0 bridgehead atoms. The third kappa shape index (κ3) is 4.68. The van der Waals surface area contributed by atoms with E-state index in [1.807, 2.05) is 6.07 Å². The predicted octanol–water partition coefficient (Wildman–Crippen LogP) is 1.67. The third-order valence-electron chi connectivity index (χ3n) is 4.05. The van der Waals surface area contributed by atoms with Crippen LogP contribution in [0.5, 0.6) is 5.75 Å². The van der Waals surface area contributed by atoms with Crippen LogP contribution in [-0.2, 0) is 33.8 Å². The number of carbonyl (C=O) groups is 2. The summed E-state index contributed by atoms with van der Waals surface area (Å²) in [7, 11) is 2.87. The van der Waals surface area contributed by atoms with Gasteiger partial charge in [0.05, 0.1) is 27.2 Å². The van der Waals surface area contributed by atoms with Crippen LogP contribution >= 0.6 is 0 Å². The van der Waals surface area contributed by atoms with Gasteiger partial charge in [-0.3, -0.25) is 9.59 Å². The Morgan fingerprint density at radius 3 is 2.19 bits per heavy atom. The second-order valence-electron chi connectivity index (χ2n) is 5.81. The second kappa shape index (κ2) is 9.12. The first-order valence-corrected chi connectivity index (χ1v) is 8.11. The van der Waals surface area contributed by atoms with Crippen LogP contribution in [0.1, 0.15) is 16.7 Å². The van der Waals surface area contributed by atoms with E-state index >= 15 is 0 Å². The van der Waals surface area contributed by atoms with Crippen molar-refractivity contribution in [1.29, 1.82) is 0 Å². The van der Waals surface area contributed by atoms with E-state index in [0.717, 1.165) is 11.1 Å². The van der Waals surface area contributed by atoms with Gasteiger partial charge in [-0.1, -0.05) is 24.3 Å². The maximum Gasteiger partial charge on any atom is 0.309 e. The number of benzene rings is 2. The molecule has 0 saturated heterocycles. The van der Waals surface area contributed by atoms with Crippen molar-refractivity contribution in [3.05, 3.63) is 53.1 Å². The fraction of sp³-hybridized carbons (Fsp3) is 0.300. The number of hydrogen-bond acceptors (Lipinski definition) is 6. The lowest BCUT2D eigenvalue weighted by molar-refractivity contribution is -0.139. The molecule has 2 aromatic carbocycles. The molecule has 2 N–H and O–H groups in total. The number of ketones is 1. The molecule has 0 radical (unpaired) electrons. The van der Waals surface area contributed by atoms with Crippen LogP contribution in [0.4, 0.5) is 0 Å². The van der Waals surface area contributed by atoms with E-state index in [2.05, 4.69) is 0 Å². The molecule has 0 aromatic heterocycles. The van der Waals surface area contributed by atoms with Crippen LogP contribution in [-0.4, -0.2) is 42.8 Å². The van der Waals surface area contributed by atoms with Gasteiger partial charge >= 0.3 is 5.97 Å². The van der Waals surface area contributed by atoms with Gasteiger partial charge in [-0.2, -0.15) is 0 Å². The lowest BCUT2D eigenvalue weighted by atomic mass is 9.93. The van der Waals surface area contributed by atoms with Gasteiger partial charge in [-0.25, -0.2) is 0 Å².